The molecule has 4 rings (SSSR count). The van der Waals surface area contributed by atoms with E-state index in [1.165, 1.54) is 28.6 Å². The zero-order valence-electron chi connectivity index (χ0n) is 14.4. The molecule has 1 saturated heterocycles. The van der Waals surface area contributed by atoms with Crippen LogP contribution in [0.1, 0.15) is 5.69 Å². The van der Waals surface area contributed by atoms with E-state index in [4.69, 9.17) is 0 Å². The number of imidazole rings is 1. The highest BCUT2D eigenvalue weighted by molar-refractivity contribution is 7.98. The van der Waals surface area contributed by atoms with Gasteiger partial charge in [0.1, 0.15) is 5.82 Å². The Kier molecular flexibility index (Phi) is 4.54. The number of anilines is 2. The lowest BCUT2D eigenvalue weighted by Gasteiger charge is -2.36. The summed E-state index contributed by atoms with van der Waals surface area (Å²) in [5.74, 6) is 1.31. The van der Waals surface area contributed by atoms with Crippen molar-refractivity contribution in [2.75, 3.05) is 42.2 Å². The third kappa shape index (κ3) is 3.51. The van der Waals surface area contributed by atoms with Gasteiger partial charge in [0.05, 0.1) is 0 Å². The van der Waals surface area contributed by atoms with E-state index < -0.39 is 11.9 Å². The van der Waals surface area contributed by atoms with Gasteiger partial charge in [-0.05, 0) is 12.3 Å². The monoisotopic (exact) mass is 395 g/mol. The second kappa shape index (κ2) is 6.87. The topological polar surface area (TPSA) is 62.5 Å². The van der Waals surface area contributed by atoms with Crippen molar-refractivity contribution in [1.29, 1.82) is 0 Å². The highest BCUT2D eigenvalue weighted by Gasteiger charge is 2.34. The Balaban J connectivity index is 1.55. The van der Waals surface area contributed by atoms with Crippen molar-refractivity contribution < 1.29 is 13.2 Å². The zero-order chi connectivity index (χ0) is 19.0. The summed E-state index contributed by atoms with van der Waals surface area (Å²) in [6, 6.07) is 1.86. The normalized spacial score (nSPS) is 15.6. The quantitative estimate of drug-likeness (QED) is 0.499. The minimum Gasteiger partial charge on any atom is -0.353 e. The molecule has 0 amide bonds. The van der Waals surface area contributed by atoms with E-state index in [1.54, 1.807) is 6.20 Å². The van der Waals surface area contributed by atoms with Crippen molar-refractivity contribution in [3.8, 4) is 0 Å². The largest absolute Gasteiger partial charge is 0.434 e. The number of hydrogen-bond acceptors (Lipinski definition) is 7. The van der Waals surface area contributed by atoms with Crippen LogP contribution in [0.2, 0.25) is 0 Å². The number of piperazine rings is 1. The fraction of sp³-hybridized carbons (Fsp3) is 0.375. The fourth-order valence-electron chi connectivity index (χ4n) is 3.02. The summed E-state index contributed by atoms with van der Waals surface area (Å²) in [5, 5.41) is 0.707. The van der Waals surface area contributed by atoms with Crippen LogP contribution in [0.5, 0.6) is 0 Å². The molecule has 142 valence electrons. The Labute approximate surface area is 157 Å². The van der Waals surface area contributed by atoms with Gasteiger partial charge in [-0.15, -0.1) is 0 Å². The molecular weight excluding hydrogens is 379 g/mol. The second-order valence-corrected chi connectivity index (χ2v) is 6.75. The number of halogens is 3. The molecule has 7 nitrogen and oxygen atoms in total. The molecule has 1 aliphatic heterocycles. The molecule has 3 aromatic heterocycles. The molecule has 0 saturated carbocycles. The molecular formula is C16H16F3N7S. The molecule has 1 aliphatic rings. The van der Waals surface area contributed by atoms with Crippen LogP contribution in [0.3, 0.4) is 0 Å². The summed E-state index contributed by atoms with van der Waals surface area (Å²) in [6.45, 7) is 2.58. The van der Waals surface area contributed by atoms with Crippen LogP contribution >= 0.6 is 11.8 Å². The zero-order valence-corrected chi connectivity index (χ0v) is 15.2. The first-order chi connectivity index (χ1) is 13.0. The molecule has 0 aromatic carbocycles. The van der Waals surface area contributed by atoms with Crippen LogP contribution in [0.25, 0.3) is 5.65 Å². The minimum absolute atomic E-state index is 0.213. The molecule has 0 unspecified atom stereocenters. The van der Waals surface area contributed by atoms with Gasteiger partial charge in [0.15, 0.2) is 22.3 Å². The van der Waals surface area contributed by atoms with Gasteiger partial charge in [0.2, 0.25) is 0 Å². The number of nitrogens with zero attached hydrogens (tertiary/aromatic N) is 7. The summed E-state index contributed by atoms with van der Waals surface area (Å²) in [5.41, 5.74) is -0.703. The highest BCUT2D eigenvalue weighted by atomic mass is 32.2. The third-order valence-electron chi connectivity index (χ3n) is 4.35. The maximum Gasteiger partial charge on any atom is 0.434 e. The summed E-state index contributed by atoms with van der Waals surface area (Å²) in [6.07, 6.45) is 3.12. The lowest BCUT2D eigenvalue weighted by Crippen LogP contribution is -2.47. The number of alkyl halides is 3. The van der Waals surface area contributed by atoms with E-state index in [0.29, 0.717) is 37.2 Å². The summed E-state index contributed by atoms with van der Waals surface area (Å²) < 4.78 is 40.3. The lowest BCUT2D eigenvalue weighted by molar-refractivity contribution is -0.140. The first kappa shape index (κ1) is 17.8. The highest BCUT2D eigenvalue weighted by Crippen LogP contribution is 2.30. The van der Waals surface area contributed by atoms with Crippen molar-refractivity contribution in [1.82, 2.24) is 24.3 Å². The van der Waals surface area contributed by atoms with Gasteiger partial charge in [-0.1, -0.05) is 11.8 Å². The molecule has 0 N–H and O–H groups in total. The summed E-state index contributed by atoms with van der Waals surface area (Å²) in [7, 11) is 0. The van der Waals surface area contributed by atoms with Crippen LogP contribution in [0, 0.1) is 0 Å². The van der Waals surface area contributed by atoms with Crippen LogP contribution in [-0.4, -0.2) is 56.8 Å². The molecule has 0 radical (unpaired) electrons. The van der Waals surface area contributed by atoms with Crippen LogP contribution in [-0.2, 0) is 6.18 Å². The smallest absolute Gasteiger partial charge is 0.353 e. The fourth-order valence-corrected chi connectivity index (χ4v) is 3.37. The second-order valence-electron chi connectivity index (χ2n) is 5.98. The van der Waals surface area contributed by atoms with E-state index in [2.05, 4.69) is 24.8 Å². The average Bonchev–Trinajstić information content (AvgIpc) is 3.13. The van der Waals surface area contributed by atoms with Gasteiger partial charge in [0.25, 0.3) is 0 Å². The summed E-state index contributed by atoms with van der Waals surface area (Å²) in [4.78, 5) is 20.8. The van der Waals surface area contributed by atoms with Crippen molar-refractivity contribution in [3.63, 3.8) is 0 Å². The van der Waals surface area contributed by atoms with E-state index >= 15 is 0 Å². The average molecular weight is 395 g/mol. The molecule has 0 spiro atoms. The summed E-state index contributed by atoms with van der Waals surface area (Å²) >= 11 is 1.48. The van der Waals surface area contributed by atoms with E-state index in [0.717, 1.165) is 12.0 Å². The lowest BCUT2D eigenvalue weighted by atomic mass is 10.3. The maximum atomic E-state index is 13.0. The van der Waals surface area contributed by atoms with Crippen molar-refractivity contribution >= 4 is 29.0 Å². The van der Waals surface area contributed by atoms with Gasteiger partial charge in [-0.25, -0.2) is 19.9 Å². The van der Waals surface area contributed by atoms with Gasteiger partial charge >= 0.3 is 6.18 Å². The van der Waals surface area contributed by atoms with Crippen molar-refractivity contribution in [2.24, 2.45) is 0 Å². The Bertz CT molecular complexity index is 951. The SMILES string of the molecule is CSc1nccc(N2CCN(c3nccn4cc(C(F)(F)F)nc34)CC2)n1. The minimum atomic E-state index is -4.48. The predicted octanol–water partition coefficient (Wildman–Crippen LogP) is 2.59. The van der Waals surface area contributed by atoms with E-state index in [9.17, 15) is 13.2 Å². The van der Waals surface area contributed by atoms with Crippen LogP contribution in [0.4, 0.5) is 24.8 Å². The number of thioether (sulfide) groups is 1. The molecule has 0 atom stereocenters. The Morgan fingerprint density at radius 2 is 1.74 bits per heavy atom. The number of aromatic nitrogens is 5. The van der Waals surface area contributed by atoms with Crippen molar-refractivity contribution in [3.05, 3.63) is 36.5 Å². The first-order valence-electron chi connectivity index (χ1n) is 8.23. The Morgan fingerprint density at radius 1 is 1.00 bits per heavy atom. The molecule has 27 heavy (non-hydrogen) atoms. The number of hydrogen-bond donors (Lipinski definition) is 0. The third-order valence-corrected chi connectivity index (χ3v) is 4.91. The molecule has 4 heterocycles. The van der Waals surface area contributed by atoms with Crippen LogP contribution < -0.4 is 9.80 Å². The molecule has 11 heteroatoms. The maximum absolute atomic E-state index is 13.0. The standard InChI is InChI=1S/C16H16F3N7S/c1-27-15-21-3-2-12(23-15)24-6-8-25(9-7-24)13-14-22-11(16(17,18)19)10-26(14)5-4-20-13/h2-5,10H,6-9H2,1H3. The van der Waals surface area contributed by atoms with E-state index in [-0.39, 0.29) is 5.65 Å². The van der Waals surface area contributed by atoms with Gasteiger partial charge in [-0.2, -0.15) is 13.2 Å². The molecule has 0 aliphatic carbocycles. The van der Waals surface area contributed by atoms with Crippen LogP contribution in [0.15, 0.2) is 36.0 Å². The number of fused-ring (bicyclic) bond motifs is 1. The van der Waals surface area contributed by atoms with Gasteiger partial charge in [-0.3, -0.25) is 0 Å². The van der Waals surface area contributed by atoms with Gasteiger partial charge < -0.3 is 14.2 Å². The number of rotatable bonds is 3. The first-order valence-corrected chi connectivity index (χ1v) is 9.46. The van der Waals surface area contributed by atoms with Gasteiger partial charge in [0, 0.05) is 51.0 Å². The van der Waals surface area contributed by atoms with Crippen molar-refractivity contribution in [2.45, 2.75) is 11.3 Å². The molecule has 0 bridgehead atoms. The predicted molar refractivity (Wildman–Crippen MR) is 96.2 cm³/mol. The Morgan fingerprint density at radius 3 is 2.44 bits per heavy atom. The molecule has 1 fully saturated rings. The van der Waals surface area contributed by atoms with E-state index in [1.807, 2.05) is 17.2 Å². The molecule has 3 aromatic rings. The Hall–Kier alpha value is -2.56.